The molecule has 1 atom stereocenters. The second kappa shape index (κ2) is 6.12. The summed E-state index contributed by atoms with van der Waals surface area (Å²) < 4.78 is 13.3. The number of H-pyrrole nitrogens is 1. The number of rotatable bonds is 4. The smallest absolute Gasteiger partial charge is 0.273 e. The number of halogens is 1. The molecule has 126 valence electrons. The number of nitrogens with one attached hydrogen (secondary N) is 1. The number of carbonyl (C=O) groups excluding carboxylic acids is 1. The zero-order valence-corrected chi connectivity index (χ0v) is 13.7. The Hall–Kier alpha value is -3.02. The van der Waals surface area contributed by atoms with E-state index in [1.807, 2.05) is 24.0 Å². The fourth-order valence-corrected chi connectivity index (χ4v) is 3.38. The minimum atomic E-state index is -0.302. The van der Waals surface area contributed by atoms with Gasteiger partial charge in [0, 0.05) is 30.1 Å². The average molecular weight is 336 g/mol. The van der Waals surface area contributed by atoms with Gasteiger partial charge in [-0.2, -0.15) is 5.10 Å². The molecule has 0 saturated heterocycles. The van der Waals surface area contributed by atoms with Crippen LogP contribution >= 0.6 is 0 Å². The average Bonchev–Trinajstić information content (AvgIpc) is 3.17. The fourth-order valence-electron chi connectivity index (χ4n) is 3.38. The van der Waals surface area contributed by atoms with Crippen molar-refractivity contribution in [2.24, 2.45) is 0 Å². The molecule has 0 saturated carbocycles. The molecule has 1 unspecified atom stereocenters. The van der Waals surface area contributed by atoms with Gasteiger partial charge in [0.25, 0.3) is 5.91 Å². The summed E-state index contributed by atoms with van der Waals surface area (Å²) in [6.07, 6.45) is 4.34. The van der Waals surface area contributed by atoms with Crippen LogP contribution in [0.3, 0.4) is 0 Å². The molecule has 0 aliphatic carbocycles. The highest BCUT2D eigenvalue weighted by molar-refractivity contribution is 6.00. The molecular formula is C19H17FN4O. The molecule has 1 aliphatic heterocycles. The van der Waals surface area contributed by atoms with Gasteiger partial charge in [-0.1, -0.05) is 13.0 Å². The van der Waals surface area contributed by atoms with Gasteiger partial charge in [0.1, 0.15) is 11.5 Å². The lowest BCUT2D eigenvalue weighted by atomic mass is 9.97. The first kappa shape index (κ1) is 15.5. The van der Waals surface area contributed by atoms with E-state index in [0.29, 0.717) is 17.9 Å². The molecule has 0 fully saturated rings. The molecule has 0 radical (unpaired) electrons. The minimum absolute atomic E-state index is 0.0634. The van der Waals surface area contributed by atoms with Gasteiger partial charge >= 0.3 is 0 Å². The van der Waals surface area contributed by atoms with Gasteiger partial charge in [0.05, 0.1) is 11.7 Å². The minimum Gasteiger partial charge on any atom is -0.326 e. The molecule has 3 heterocycles. The van der Waals surface area contributed by atoms with E-state index in [-0.39, 0.29) is 17.8 Å². The van der Waals surface area contributed by atoms with E-state index < -0.39 is 0 Å². The quantitative estimate of drug-likeness (QED) is 0.792. The first-order valence-corrected chi connectivity index (χ1v) is 8.25. The first-order valence-electron chi connectivity index (χ1n) is 8.25. The summed E-state index contributed by atoms with van der Waals surface area (Å²) in [7, 11) is 0. The maximum absolute atomic E-state index is 13.3. The number of hydrogen-bond donors (Lipinski definition) is 1. The first-order chi connectivity index (χ1) is 12.2. The Morgan fingerprint density at radius 3 is 2.72 bits per heavy atom. The normalized spacial score (nSPS) is 16.3. The van der Waals surface area contributed by atoms with Crippen LogP contribution in [0.5, 0.6) is 0 Å². The number of aromatic nitrogens is 3. The molecule has 2 aromatic heterocycles. The van der Waals surface area contributed by atoms with E-state index in [1.165, 1.54) is 12.1 Å². The van der Waals surface area contributed by atoms with Gasteiger partial charge in [0.2, 0.25) is 0 Å². The summed E-state index contributed by atoms with van der Waals surface area (Å²) in [4.78, 5) is 18.9. The molecule has 0 spiro atoms. The van der Waals surface area contributed by atoms with Gasteiger partial charge in [-0.15, -0.1) is 0 Å². The Morgan fingerprint density at radius 2 is 2.04 bits per heavy atom. The van der Waals surface area contributed by atoms with Gasteiger partial charge in [-0.05, 0) is 42.3 Å². The van der Waals surface area contributed by atoms with Crippen molar-refractivity contribution < 1.29 is 9.18 Å². The van der Waals surface area contributed by atoms with Crippen molar-refractivity contribution in [2.75, 3.05) is 6.54 Å². The van der Waals surface area contributed by atoms with Crippen LogP contribution in [0, 0.1) is 5.82 Å². The molecule has 4 rings (SSSR count). The van der Waals surface area contributed by atoms with E-state index >= 15 is 0 Å². The molecule has 1 aromatic carbocycles. The number of nitrogens with zero attached hydrogens (tertiary/aromatic N) is 3. The van der Waals surface area contributed by atoms with Gasteiger partial charge in [-0.25, -0.2) is 4.39 Å². The lowest BCUT2D eigenvalue weighted by Crippen LogP contribution is -2.30. The van der Waals surface area contributed by atoms with Gasteiger partial charge < -0.3 is 4.90 Å². The third-order valence-electron chi connectivity index (χ3n) is 4.45. The second-order valence-electron chi connectivity index (χ2n) is 6.06. The highest BCUT2D eigenvalue weighted by atomic mass is 19.1. The Bertz CT molecular complexity index is 905. The fraction of sp³-hybridized carbons (Fsp3) is 0.211. The number of benzene rings is 1. The monoisotopic (exact) mass is 336 g/mol. The zero-order valence-electron chi connectivity index (χ0n) is 13.7. The molecule has 1 amide bonds. The van der Waals surface area contributed by atoms with Crippen molar-refractivity contribution in [3.8, 4) is 11.3 Å². The highest BCUT2D eigenvalue weighted by Gasteiger charge is 2.41. The van der Waals surface area contributed by atoms with Crippen LogP contribution in [-0.4, -0.2) is 32.5 Å². The third kappa shape index (κ3) is 2.50. The SMILES string of the molecule is CCCN1C(=O)c2[nH]nc(-c3ccc(F)cc3)c2C1c1cccnc1. The third-order valence-corrected chi connectivity index (χ3v) is 4.45. The standard InChI is InChI=1S/C19H17FN4O/c1-2-10-24-18(13-4-3-9-21-11-13)15-16(22-23-17(15)19(24)25)12-5-7-14(20)8-6-12/h3-9,11,18H,2,10H2,1H3,(H,22,23). The predicted molar refractivity (Wildman–Crippen MR) is 91.4 cm³/mol. The summed E-state index contributed by atoms with van der Waals surface area (Å²) >= 11 is 0. The van der Waals surface area contributed by atoms with Crippen LogP contribution in [-0.2, 0) is 0 Å². The molecule has 1 aliphatic rings. The molecule has 25 heavy (non-hydrogen) atoms. The summed E-state index contributed by atoms with van der Waals surface area (Å²) in [6.45, 7) is 2.68. The van der Waals surface area contributed by atoms with Gasteiger partial charge in [0.15, 0.2) is 0 Å². The van der Waals surface area contributed by atoms with E-state index in [9.17, 15) is 9.18 Å². The highest BCUT2D eigenvalue weighted by Crippen LogP contribution is 2.42. The predicted octanol–water partition coefficient (Wildman–Crippen LogP) is 3.57. The van der Waals surface area contributed by atoms with Crippen LogP contribution in [0.2, 0.25) is 0 Å². The lowest BCUT2D eigenvalue weighted by molar-refractivity contribution is 0.0744. The maximum atomic E-state index is 13.3. The number of hydrogen-bond acceptors (Lipinski definition) is 3. The van der Waals surface area contributed by atoms with Crippen LogP contribution in [0.25, 0.3) is 11.3 Å². The summed E-state index contributed by atoms with van der Waals surface area (Å²) in [5, 5.41) is 7.22. The molecule has 5 nitrogen and oxygen atoms in total. The number of carbonyl (C=O) groups is 1. The Kier molecular flexibility index (Phi) is 3.80. The number of pyridine rings is 1. The van der Waals surface area contributed by atoms with Crippen LogP contribution in [0.1, 0.15) is 41.0 Å². The summed E-state index contributed by atoms with van der Waals surface area (Å²) in [6, 6.07) is 9.74. The number of aromatic amines is 1. The maximum Gasteiger partial charge on any atom is 0.273 e. The van der Waals surface area contributed by atoms with E-state index in [0.717, 1.165) is 23.1 Å². The van der Waals surface area contributed by atoms with Crippen LogP contribution < -0.4 is 0 Å². The second-order valence-corrected chi connectivity index (χ2v) is 6.06. The zero-order chi connectivity index (χ0) is 17.4. The van der Waals surface area contributed by atoms with Crippen LogP contribution in [0.15, 0.2) is 48.8 Å². The number of amides is 1. The Labute approximate surface area is 144 Å². The van der Waals surface area contributed by atoms with Crippen molar-refractivity contribution in [1.82, 2.24) is 20.1 Å². The molecule has 1 N–H and O–H groups in total. The van der Waals surface area contributed by atoms with Crippen molar-refractivity contribution in [1.29, 1.82) is 0 Å². The van der Waals surface area contributed by atoms with Crippen molar-refractivity contribution >= 4 is 5.91 Å². The Balaban J connectivity index is 1.88. The number of fused-ring (bicyclic) bond motifs is 1. The summed E-state index contributed by atoms with van der Waals surface area (Å²) in [5.41, 5.74) is 3.72. The van der Waals surface area contributed by atoms with E-state index in [4.69, 9.17) is 0 Å². The van der Waals surface area contributed by atoms with Gasteiger partial charge in [-0.3, -0.25) is 14.9 Å². The largest absolute Gasteiger partial charge is 0.326 e. The molecular weight excluding hydrogens is 319 g/mol. The Morgan fingerprint density at radius 1 is 1.24 bits per heavy atom. The lowest BCUT2D eigenvalue weighted by Gasteiger charge is -2.25. The topological polar surface area (TPSA) is 61.9 Å². The molecule has 3 aromatic rings. The molecule has 0 bridgehead atoms. The van der Waals surface area contributed by atoms with Crippen LogP contribution in [0.4, 0.5) is 4.39 Å². The summed E-state index contributed by atoms with van der Waals surface area (Å²) in [5.74, 6) is -0.366. The van der Waals surface area contributed by atoms with Crippen molar-refractivity contribution in [3.63, 3.8) is 0 Å². The van der Waals surface area contributed by atoms with Crippen molar-refractivity contribution in [2.45, 2.75) is 19.4 Å². The molecule has 6 heteroatoms. The van der Waals surface area contributed by atoms with E-state index in [1.54, 1.807) is 24.5 Å². The van der Waals surface area contributed by atoms with Crippen molar-refractivity contribution in [3.05, 3.63) is 71.4 Å². The van der Waals surface area contributed by atoms with E-state index in [2.05, 4.69) is 15.2 Å².